The molecule has 3 aliphatic rings. The summed E-state index contributed by atoms with van der Waals surface area (Å²) in [6, 6.07) is 42.8. The van der Waals surface area contributed by atoms with E-state index in [1.165, 1.54) is 11.1 Å². The number of nitrogens with zero attached hydrogens (tertiary/aromatic N) is 3. The zero-order chi connectivity index (χ0) is 46.8. The Labute approximate surface area is 388 Å². The van der Waals surface area contributed by atoms with Crippen molar-refractivity contribution in [3.05, 3.63) is 191 Å². The van der Waals surface area contributed by atoms with E-state index in [9.17, 15) is 21.6 Å². The molecule has 0 amide bonds. The molecule has 1 aliphatic carbocycles. The summed E-state index contributed by atoms with van der Waals surface area (Å²) in [6.45, 7) is 14.7. The third-order valence-corrected chi connectivity index (χ3v) is 15.7. The molecule has 9 rings (SSSR count). The lowest BCUT2D eigenvalue weighted by molar-refractivity contribution is -0.0473. The molecule has 0 saturated carbocycles. The van der Waals surface area contributed by atoms with Gasteiger partial charge in [0.1, 0.15) is 0 Å². The number of hydrogen-bond donors (Lipinski definition) is 0. The van der Waals surface area contributed by atoms with Gasteiger partial charge in [-0.25, -0.2) is 0 Å². The van der Waals surface area contributed by atoms with Gasteiger partial charge in [0.05, 0.1) is 5.70 Å². The molecule has 1 unspecified atom stereocenters. The number of anilines is 2. The van der Waals surface area contributed by atoms with E-state index in [0.29, 0.717) is 26.6 Å². The summed E-state index contributed by atoms with van der Waals surface area (Å²) in [5, 5.41) is 4.57. The molecule has 1 atom stereocenters. The van der Waals surface area contributed by atoms with Gasteiger partial charge in [0.2, 0.25) is 0 Å². The van der Waals surface area contributed by atoms with Crippen molar-refractivity contribution in [2.24, 2.45) is 0 Å². The molecule has 66 heavy (non-hydrogen) atoms. The highest BCUT2D eigenvalue weighted by Gasteiger charge is 2.52. The number of halogens is 3. The Morgan fingerprint density at radius 3 is 1.65 bits per heavy atom. The monoisotopic (exact) mass is 905 g/mol. The van der Waals surface area contributed by atoms with Crippen LogP contribution >= 0.6 is 0 Å². The Bertz CT molecular complexity index is 3110. The van der Waals surface area contributed by atoms with Gasteiger partial charge in [0.25, 0.3) is 0 Å². The zero-order valence-corrected chi connectivity index (χ0v) is 39.7. The van der Waals surface area contributed by atoms with Crippen molar-refractivity contribution in [3.63, 3.8) is 0 Å². The van der Waals surface area contributed by atoms with Crippen LogP contribution in [0.3, 0.4) is 0 Å². The SMILES string of the molecule is CCCCN1/C(=C/C=C2/C(N(C)S(=O)(=O)C(F)(F)F)=C(C(/C=C3/N(CCCC)c4ccc5ccccc5c4C3(C)C)c3ccccc3)c3ccccc32)C(C)(C)c2c1ccc1ccccc21. The third kappa shape index (κ3) is 7.25. The topological polar surface area (TPSA) is 43.9 Å². The molecule has 2 aliphatic heterocycles. The summed E-state index contributed by atoms with van der Waals surface area (Å²) >= 11 is 0. The summed E-state index contributed by atoms with van der Waals surface area (Å²) in [7, 11) is -4.82. The summed E-state index contributed by atoms with van der Waals surface area (Å²) in [5.74, 6) is -0.662. The Kier molecular flexibility index (Phi) is 11.6. The quantitative estimate of drug-likeness (QED) is 0.123. The molecule has 0 N–H and O–H groups in total. The molecule has 0 spiro atoms. The second-order valence-electron chi connectivity index (χ2n) is 18.9. The van der Waals surface area contributed by atoms with E-state index in [0.717, 1.165) is 95.7 Å². The molecular weight excluding hydrogens is 848 g/mol. The van der Waals surface area contributed by atoms with Crippen LogP contribution in [0.2, 0.25) is 0 Å². The van der Waals surface area contributed by atoms with Gasteiger partial charge in [-0.2, -0.15) is 21.6 Å². The number of allylic oxidation sites excluding steroid dienone is 7. The first-order valence-electron chi connectivity index (χ1n) is 23.2. The lowest BCUT2D eigenvalue weighted by Crippen LogP contribution is -2.38. The summed E-state index contributed by atoms with van der Waals surface area (Å²) in [5.41, 5.74) is 3.14. The van der Waals surface area contributed by atoms with Gasteiger partial charge in [-0.1, -0.05) is 182 Å². The maximum absolute atomic E-state index is 15.0. The predicted octanol–water partition coefficient (Wildman–Crippen LogP) is 14.6. The highest BCUT2D eigenvalue weighted by Crippen LogP contribution is 2.56. The van der Waals surface area contributed by atoms with E-state index in [2.05, 4.69) is 118 Å². The van der Waals surface area contributed by atoms with Crippen LogP contribution in [0, 0.1) is 0 Å². The molecule has 2 heterocycles. The minimum atomic E-state index is -5.88. The molecule has 9 heteroatoms. The molecule has 5 nitrogen and oxygen atoms in total. The highest BCUT2D eigenvalue weighted by molar-refractivity contribution is 7.90. The molecule has 6 aromatic rings. The van der Waals surface area contributed by atoms with Gasteiger partial charge in [-0.3, -0.25) is 4.31 Å². The number of fused-ring (bicyclic) bond motifs is 7. The van der Waals surface area contributed by atoms with Crippen LogP contribution in [0.5, 0.6) is 0 Å². The second-order valence-corrected chi connectivity index (χ2v) is 20.9. The van der Waals surface area contributed by atoms with E-state index >= 15 is 0 Å². The average molecular weight is 906 g/mol. The van der Waals surface area contributed by atoms with Gasteiger partial charge < -0.3 is 9.80 Å². The molecule has 0 radical (unpaired) electrons. The van der Waals surface area contributed by atoms with E-state index < -0.39 is 32.3 Å². The van der Waals surface area contributed by atoms with Crippen LogP contribution in [-0.4, -0.2) is 38.4 Å². The molecule has 6 aromatic carbocycles. The van der Waals surface area contributed by atoms with Crippen molar-refractivity contribution in [3.8, 4) is 0 Å². The number of sulfonamides is 1. The number of likely N-dealkylation sites (N-methyl/N-ethyl adjacent to an activating group) is 1. The average Bonchev–Trinajstić information content (AvgIpc) is 3.83. The van der Waals surface area contributed by atoms with Crippen molar-refractivity contribution < 1.29 is 21.6 Å². The van der Waals surface area contributed by atoms with Crippen LogP contribution in [0.25, 0.3) is 32.7 Å². The molecule has 340 valence electrons. The minimum absolute atomic E-state index is 0.00817. The fraction of sp³-hybridized carbons (Fsp3) is 0.298. The van der Waals surface area contributed by atoms with Crippen molar-refractivity contribution in [1.29, 1.82) is 0 Å². The smallest absolute Gasteiger partial charge is 0.344 e. The lowest BCUT2D eigenvalue weighted by atomic mass is 9.78. The largest absolute Gasteiger partial charge is 0.516 e. The maximum Gasteiger partial charge on any atom is 0.516 e. The summed E-state index contributed by atoms with van der Waals surface area (Å²) in [6.07, 6.45) is 9.90. The van der Waals surface area contributed by atoms with Crippen molar-refractivity contribution in [1.82, 2.24) is 4.31 Å². The predicted molar refractivity (Wildman–Crippen MR) is 268 cm³/mol. The minimum Gasteiger partial charge on any atom is -0.344 e. The molecule has 0 fully saturated rings. The first-order valence-corrected chi connectivity index (χ1v) is 24.7. The fourth-order valence-corrected chi connectivity index (χ4v) is 11.7. The van der Waals surface area contributed by atoms with Crippen LogP contribution < -0.4 is 9.80 Å². The van der Waals surface area contributed by atoms with E-state index in [1.807, 2.05) is 78.9 Å². The van der Waals surface area contributed by atoms with Crippen LogP contribution in [0.4, 0.5) is 24.5 Å². The zero-order valence-electron chi connectivity index (χ0n) is 38.9. The number of benzene rings is 6. The van der Waals surface area contributed by atoms with Gasteiger partial charge in [-0.05, 0) is 86.0 Å². The van der Waals surface area contributed by atoms with Gasteiger partial charge in [0.15, 0.2) is 0 Å². The van der Waals surface area contributed by atoms with Crippen molar-refractivity contribution in [2.45, 2.75) is 89.5 Å². The Morgan fingerprint density at radius 2 is 1.11 bits per heavy atom. The number of hydrogen-bond acceptors (Lipinski definition) is 4. The Hall–Kier alpha value is -6.06. The normalized spacial score (nSPS) is 18.8. The van der Waals surface area contributed by atoms with Crippen LogP contribution in [-0.2, 0) is 20.9 Å². The molecule has 0 aromatic heterocycles. The summed E-state index contributed by atoms with van der Waals surface area (Å²) in [4.78, 5) is 4.73. The van der Waals surface area contributed by atoms with Crippen molar-refractivity contribution in [2.75, 3.05) is 29.9 Å². The van der Waals surface area contributed by atoms with Crippen LogP contribution in [0.1, 0.15) is 101 Å². The third-order valence-electron chi connectivity index (χ3n) is 14.2. The molecule has 0 saturated heterocycles. The molecular formula is C57H58F3N3O2S. The number of alkyl halides is 3. The Balaban J connectivity index is 1.33. The van der Waals surface area contributed by atoms with Gasteiger partial charge >= 0.3 is 15.5 Å². The Morgan fingerprint density at radius 1 is 0.621 bits per heavy atom. The van der Waals surface area contributed by atoms with Crippen LogP contribution in [0.15, 0.2) is 163 Å². The standard InChI is InChI=1S/C57H58F3N3O2S/c1-8-10-35-62-47-32-29-39-23-15-17-25-41(39)52(47)55(3,4)49(62)34-31-45-43-27-19-20-28-44(43)51(54(45)61(7)66(64,65)57(58,59)60)46(38-21-13-12-14-22-38)37-50-56(5,6)53-42-26-18-16-24-40(42)30-33-48(53)63(50)36-11-9-2/h12-34,37,46H,8-11,35-36H2,1-7H3/b45-31+,49-34+,50-37+. The lowest BCUT2D eigenvalue weighted by Gasteiger charge is -2.31. The highest BCUT2D eigenvalue weighted by atomic mass is 32.2. The maximum atomic E-state index is 15.0. The second kappa shape index (κ2) is 17.0. The van der Waals surface area contributed by atoms with E-state index in [-0.39, 0.29) is 5.70 Å². The van der Waals surface area contributed by atoms with E-state index in [1.54, 1.807) is 0 Å². The molecule has 0 bridgehead atoms. The van der Waals surface area contributed by atoms with E-state index in [4.69, 9.17) is 0 Å². The number of unbranched alkanes of at least 4 members (excludes halogenated alkanes) is 2. The number of rotatable bonds is 12. The van der Waals surface area contributed by atoms with Gasteiger partial charge in [-0.15, -0.1) is 0 Å². The first-order chi connectivity index (χ1) is 31.5. The van der Waals surface area contributed by atoms with Crippen molar-refractivity contribution >= 4 is 54.1 Å². The fourth-order valence-electron chi connectivity index (χ4n) is 11.0. The first kappa shape index (κ1) is 45.1. The van der Waals surface area contributed by atoms with Gasteiger partial charge in [0, 0.05) is 65.2 Å². The summed E-state index contributed by atoms with van der Waals surface area (Å²) < 4.78 is 73.3.